The molecule has 2 aromatic heterocycles. The maximum atomic E-state index is 15.2. The van der Waals surface area contributed by atoms with E-state index in [1.807, 2.05) is 50.3 Å². The van der Waals surface area contributed by atoms with E-state index in [9.17, 15) is 19.5 Å². The number of anilines is 2. The molecular weight excluding hydrogens is 867 g/mol. The molecule has 4 heterocycles. The number of allylic oxidation sites excluding steroid dienone is 2. The molecule has 1 saturated carbocycles. The maximum Gasteiger partial charge on any atom is 0.242 e. The van der Waals surface area contributed by atoms with Crippen LogP contribution in [0.2, 0.25) is 5.02 Å². The van der Waals surface area contributed by atoms with Gasteiger partial charge in [-0.1, -0.05) is 23.3 Å². The van der Waals surface area contributed by atoms with Crippen LogP contribution in [0.1, 0.15) is 36.8 Å². The van der Waals surface area contributed by atoms with Crippen molar-refractivity contribution < 1.29 is 33.8 Å². The second-order valence-electron chi connectivity index (χ2n) is 15.1. The first-order valence-corrected chi connectivity index (χ1v) is 20.4. The minimum absolute atomic E-state index is 0.137. The van der Waals surface area contributed by atoms with E-state index in [2.05, 4.69) is 22.6 Å². The minimum Gasteiger partial charge on any atom is -0.502 e. The molecule has 286 valence electrons. The van der Waals surface area contributed by atoms with E-state index < -0.39 is 46.8 Å². The van der Waals surface area contributed by atoms with Crippen molar-refractivity contribution in [3.8, 4) is 27.8 Å². The first-order chi connectivity index (χ1) is 26.8. The molecule has 6 atom stereocenters. The van der Waals surface area contributed by atoms with Gasteiger partial charge in [0.1, 0.15) is 11.5 Å². The van der Waals surface area contributed by atoms with E-state index >= 15 is 4.79 Å². The Bertz CT molecular complexity index is 2560. The van der Waals surface area contributed by atoms with E-state index in [0.717, 1.165) is 29.7 Å². The zero-order valence-corrected chi connectivity index (χ0v) is 34.7. The number of carbonyl (C=O) groups excluding carboxylic acids is 4. The Kier molecular flexibility index (Phi) is 8.67. The van der Waals surface area contributed by atoms with Gasteiger partial charge in [0.05, 0.1) is 48.0 Å². The summed E-state index contributed by atoms with van der Waals surface area (Å²) in [5.74, 6) is -4.49. The molecule has 1 N–H and O–H groups in total. The van der Waals surface area contributed by atoms with Crippen molar-refractivity contribution in [2.45, 2.75) is 32.6 Å². The van der Waals surface area contributed by atoms with E-state index in [-0.39, 0.29) is 35.5 Å². The van der Waals surface area contributed by atoms with Crippen molar-refractivity contribution in [3.63, 3.8) is 0 Å². The highest BCUT2D eigenvalue weighted by atomic mass is 127. The lowest BCUT2D eigenvalue weighted by atomic mass is 9.51. The number of nitrogens with zero attached hydrogens (tertiary/aromatic N) is 4. The molecule has 0 spiro atoms. The van der Waals surface area contributed by atoms with Crippen LogP contribution < -0.4 is 19.3 Å². The van der Waals surface area contributed by atoms with E-state index in [1.54, 1.807) is 53.4 Å². The summed E-state index contributed by atoms with van der Waals surface area (Å²) in [6.45, 7) is 3.82. The van der Waals surface area contributed by atoms with Crippen LogP contribution in [-0.4, -0.2) is 52.7 Å². The Morgan fingerprint density at radius 2 is 1.62 bits per heavy atom. The number of benzene rings is 3. The van der Waals surface area contributed by atoms with Crippen molar-refractivity contribution in [2.75, 3.05) is 24.0 Å². The number of carbonyl (C=O) groups is 4. The molecule has 2 aliphatic carbocycles. The van der Waals surface area contributed by atoms with Crippen molar-refractivity contribution >= 4 is 90.7 Å². The number of phenolic OH excluding ortho intramolecular Hbond substituents is 1. The van der Waals surface area contributed by atoms with E-state index in [4.69, 9.17) is 26.2 Å². The zero-order valence-electron chi connectivity index (χ0n) is 31.0. The smallest absolute Gasteiger partial charge is 0.242 e. The van der Waals surface area contributed by atoms with Crippen LogP contribution in [0, 0.1) is 39.6 Å². The summed E-state index contributed by atoms with van der Waals surface area (Å²) in [7, 11) is 4.57. The fraction of sp³-hybridized carbons (Fsp3) is 0.310. The molecule has 4 aliphatic rings. The maximum absolute atomic E-state index is 15.2. The Labute approximate surface area is 345 Å². The molecule has 11 nitrogen and oxygen atoms in total. The van der Waals surface area contributed by atoms with Gasteiger partial charge in [-0.3, -0.25) is 28.8 Å². The quantitative estimate of drug-likeness (QED) is 0.103. The van der Waals surface area contributed by atoms with Gasteiger partial charge < -0.3 is 14.6 Å². The summed E-state index contributed by atoms with van der Waals surface area (Å²) in [5, 5.41) is 17.4. The van der Waals surface area contributed by atoms with Gasteiger partial charge in [-0.2, -0.15) is 5.10 Å². The molecule has 9 rings (SSSR count). The van der Waals surface area contributed by atoms with Crippen molar-refractivity contribution in [2.24, 2.45) is 36.1 Å². The van der Waals surface area contributed by atoms with Crippen LogP contribution in [-0.2, 0) is 26.2 Å². The van der Waals surface area contributed by atoms with Crippen LogP contribution in [0.4, 0.5) is 11.5 Å². The topological polar surface area (TPSA) is 131 Å². The van der Waals surface area contributed by atoms with Crippen LogP contribution in [0.15, 0.2) is 72.3 Å². The number of methoxy groups -OCH3 is 2. The lowest BCUT2D eigenvalue weighted by Crippen LogP contribution is -2.49. The molecule has 0 bridgehead atoms. The monoisotopic (exact) mass is 902 g/mol. The Morgan fingerprint density at radius 3 is 2.30 bits per heavy atom. The normalized spacial score (nSPS) is 25.8. The van der Waals surface area contributed by atoms with Gasteiger partial charge in [0.2, 0.25) is 29.4 Å². The number of thiophene rings is 1. The van der Waals surface area contributed by atoms with E-state index in [1.165, 1.54) is 24.0 Å². The predicted octanol–water partition coefficient (Wildman–Crippen LogP) is 8.03. The van der Waals surface area contributed by atoms with Crippen LogP contribution in [0.25, 0.3) is 20.7 Å². The van der Waals surface area contributed by atoms with E-state index in [0.29, 0.717) is 34.2 Å². The molecule has 4 amide bonds. The fourth-order valence-corrected chi connectivity index (χ4v) is 11.4. The number of aromatic hydroxyl groups is 1. The van der Waals surface area contributed by atoms with Crippen LogP contribution in [0.5, 0.6) is 17.2 Å². The van der Waals surface area contributed by atoms with Gasteiger partial charge in [-0.05, 0) is 126 Å². The summed E-state index contributed by atoms with van der Waals surface area (Å²) in [5.41, 5.74) is 2.16. The number of rotatable bonds is 6. The average Bonchev–Trinajstić information content (AvgIpc) is 3.85. The third-order valence-electron chi connectivity index (χ3n) is 12.4. The molecule has 3 aromatic carbocycles. The summed E-state index contributed by atoms with van der Waals surface area (Å²) in [6.07, 6.45) is 2.47. The van der Waals surface area contributed by atoms with Crippen LogP contribution in [0.3, 0.4) is 0 Å². The number of aromatic nitrogens is 2. The number of hydrogen-bond donors (Lipinski definition) is 1. The summed E-state index contributed by atoms with van der Waals surface area (Å²) < 4.78 is 14.7. The Balaban J connectivity index is 1.18. The second kappa shape index (κ2) is 13.2. The van der Waals surface area contributed by atoms with Crippen molar-refractivity contribution in [3.05, 3.63) is 92.0 Å². The number of halogens is 2. The number of fused-ring (bicyclic) bond motifs is 5. The van der Waals surface area contributed by atoms with Crippen molar-refractivity contribution in [1.82, 2.24) is 9.78 Å². The lowest BCUT2D eigenvalue weighted by molar-refractivity contribution is -0.131. The molecule has 2 saturated heterocycles. The zero-order chi connectivity index (χ0) is 39.5. The standard InChI is InChI=1S/C42H36ClIN4O7S/c1-19-26-16-21(43)6-13-32(26)56-37(19)29-18-33(46(3)45-29)48-39(51)28-17-27-24(11-12-25-34(27)40(52)47(38(25)50)23-9-7-22(44)8-10-23)35(42(28,2)41(48)53)20-14-30(54-4)36(49)31(15-20)55-5/h6-11,13-16,18,25,27-28,34-35,49H,12,17H2,1-5H3. The van der Waals surface area contributed by atoms with Crippen molar-refractivity contribution in [1.29, 1.82) is 0 Å². The molecule has 0 radical (unpaired) electrons. The molecule has 14 heteroatoms. The number of aryl methyl sites for hydroxylation is 2. The molecule has 2 aliphatic heterocycles. The molecule has 6 unspecified atom stereocenters. The summed E-state index contributed by atoms with van der Waals surface area (Å²) >= 11 is 10.1. The van der Waals surface area contributed by atoms with Gasteiger partial charge in [0.15, 0.2) is 11.5 Å². The largest absolute Gasteiger partial charge is 0.502 e. The lowest BCUT2D eigenvalue weighted by Gasteiger charge is -2.49. The highest BCUT2D eigenvalue weighted by Crippen LogP contribution is 2.64. The van der Waals surface area contributed by atoms with Gasteiger partial charge in [0, 0.05) is 32.3 Å². The molecule has 5 aromatic rings. The number of hydrogen-bond acceptors (Lipinski definition) is 9. The highest BCUT2D eigenvalue weighted by Gasteiger charge is 2.68. The molecule has 56 heavy (non-hydrogen) atoms. The second-order valence-corrected chi connectivity index (χ2v) is 17.9. The van der Waals surface area contributed by atoms with Gasteiger partial charge in [0.25, 0.3) is 0 Å². The van der Waals surface area contributed by atoms with Gasteiger partial charge in [-0.15, -0.1) is 11.3 Å². The minimum atomic E-state index is -1.34. The number of amides is 4. The predicted molar refractivity (Wildman–Crippen MR) is 221 cm³/mol. The number of phenols is 1. The average molecular weight is 903 g/mol. The third kappa shape index (κ3) is 5.15. The SMILES string of the molecule is COc1cc(C2C3=CCC4C(=O)N(c5ccc(I)cc5)C(=O)C4C3CC3C(=O)N(c4cc(-c5sc6ccc(Cl)cc6c5C)nn4C)C(=O)C32C)cc(OC)c1O. The number of ether oxygens (including phenoxy) is 2. The molecule has 3 fully saturated rings. The first-order valence-electron chi connectivity index (χ1n) is 18.2. The van der Waals surface area contributed by atoms with Gasteiger partial charge in [-0.25, -0.2) is 4.90 Å². The fourth-order valence-electron chi connectivity index (χ4n) is 9.75. The summed E-state index contributed by atoms with van der Waals surface area (Å²) in [4.78, 5) is 62.2. The number of imide groups is 2. The Morgan fingerprint density at radius 1 is 0.929 bits per heavy atom. The first kappa shape index (κ1) is 36.9. The third-order valence-corrected chi connectivity index (χ3v) is 14.7. The highest BCUT2D eigenvalue weighted by molar-refractivity contribution is 14.1. The molecular formula is C42H36ClIN4O7S. The van der Waals surface area contributed by atoms with Gasteiger partial charge >= 0.3 is 0 Å². The summed E-state index contributed by atoms with van der Waals surface area (Å²) in [6, 6.07) is 18.1. The Hall–Kier alpha value is -4.73. The van der Waals surface area contributed by atoms with Crippen LogP contribution >= 0.6 is 45.5 Å².